The molecule has 0 atom stereocenters. The van der Waals surface area contributed by atoms with Crippen LogP contribution in [0.4, 0.5) is 4.39 Å². The molecule has 0 radical (unpaired) electrons. The Morgan fingerprint density at radius 3 is 2.59 bits per heavy atom. The van der Waals surface area contributed by atoms with Crippen LogP contribution in [0.3, 0.4) is 0 Å². The van der Waals surface area contributed by atoms with Gasteiger partial charge >= 0.3 is 5.97 Å². The van der Waals surface area contributed by atoms with Crippen LogP contribution in [0.25, 0.3) is 5.57 Å². The first kappa shape index (κ1) is 18.4. The van der Waals surface area contributed by atoms with Gasteiger partial charge in [-0.2, -0.15) is 0 Å². The van der Waals surface area contributed by atoms with E-state index in [4.69, 9.17) is 4.74 Å². The van der Waals surface area contributed by atoms with Crippen LogP contribution in [-0.2, 0) is 11.4 Å². The van der Waals surface area contributed by atoms with Crippen molar-refractivity contribution >= 4 is 11.5 Å². The summed E-state index contributed by atoms with van der Waals surface area (Å²) in [7, 11) is 0. The summed E-state index contributed by atoms with van der Waals surface area (Å²) in [5, 5.41) is 9.48. The molecule has 1 saturated heterocycles. The van der Waals surface area contributed by atoms with E-state index >= 15 is 0 Å². The highest BCUT2D eigenvalue weighted by atomic mass is 19.1. The number of carbonyl (C=O) groups is 1. The summed E-state index contributed by atoms with van der Waals surface area (Å²) in [6.07, 6.45) is 3.35. The molecule has 0 unspecified atom stereocenters. The Bertz CT molecular complexity index is 999. The van der Waals surface area contributed by atoms with Crippen molar-refractivity contribution in [1.29, 1.82) is 0 Å². The lowest BCUT2D eigenvalue weighted by atomic mass is 9.86. The zero-order valence-electron chi connectivity index (χ0n) is 16.3. The lowest BCUT2D eigenvalue weighted by Gasteiger charge is -2.32. The van der Waals surface area contributed by atoms with Crippen molar-refractivity contribution in [3.05, 3.63) is 70.5 Å². The fraction of sp³-hybridized carbons (Fsp3) is 0.375. The van der Waals surface area contributed by atoms with E-state index in [9.17, 15) is 14.3 Å². The number of para-hydroxylation sites is 1. The van der Waals surface area contributed by atoms with Crippen molar-refractivity contribution < 1.29 is 19.0 Å². The third-order valence-corrected chi connectivity index (χ3v) is 6.52. The lowest BCUT2D eigenvalue weighted by Crippen LogP contribution is -2.38. The van der Waals surface area contributed by atoms with Gasteiger partial charge in [-0.05, 0) is 55.0 Å². The second-order valence-electron chi connectivity index (χ2n) is 8.43. The van der Waals surface area contributed by atoms with Crippen LogP contribution >= 0.6 is 0 Å². The topological polar surface area (TPSA) is 49.8 Å². The molecule has 0 spiro atoms. The van der Waals surface area contributed by atoms with Crippen molar-refractivity contribution in [1.82, 2.24) is 4.90 Å². The van der Waals surface area contributed by atoms with Crippen molar-refractivity contribution in [2.24, 2.45) is 5.41 Å². The molecule has 29 heavy (non-hydrogen) atoms. The minimum absolute atomic E-state index is 0.249. The van der Waals surface area contributed by atoms with E-state index in [-0.39, 0.29) is 5.82 Å². The van der Waals surface area contributed by atoms with Crippen molar-refractivity contribution in [2.45, 2.75) is 32.3 Å². The first-order valence-electron chi connectivity index (χ1n) is 10.2. The van der Waals surface area contributed by atoms with E-state index in [1.54, 1.807) is 6.07 Å². The molecule has 0 aromatic heterocycles. The Morgan fingerprint density at radius 1 is 1.10 bits per heavy atom. The molecule has 1 N–H and O–H groups in total. The Labute approximate surface area is 169 Å². The maximum absolute atomic E-state index is 13.9. The Morgan fingerprint density at radius 2 is 1.86 bits per heavy atom. The second kappa shape index (κ2) is 6.99. The molecule has 5 rings (SSSR count). The van der Waals surface area contributed by atoms with Crippen LogP contribution in [0, 0.1) is 11.2 Å². The molecule has 2 heterocycles. The predicted molar refractivity (Wildman–Crippen MR) is 108 cm³/mol. The molecular formula is C24H24FNO3. The van der Waals surface area contributed by atoms with Gasteiger partial charge in [-0.1, -0.05) is 29.8 Å². The minimum atomic E-state index is -0.660. The number of hydrogen-bond acceptors (Lipinski definition) is 3. The van der Waals surface area contributed by atoms with E-state index in [0.29, 0.717) is 13.2 Å². The van der Waals surface area contributed by atoms with E-state index in [1.165, 1.54) is 11.6 Å². The monoisotopic (exact) mass is 393 g/mol. The van der Waals surface area contributed by atoms with Gasteiger partial charge in [0.1, 0.15) is 18.2 Å². The highest BCUT2D eigenvalue weighted by Gasteiger charge is 2.51. The fourth-order valence-corrected chi connectivity index (χ4v) is 4.66. The standard InChI is InChI=1S/C24H24FNO3/c25-18-5-6-19-17(13-18)14-29-21-4-2-1-3-20(21)22(19)16-7-11-26(12-8-16)15-24(9-10-24)23(27)28/h1-6,13H,7-12,14-15H2,(H,27,28). The summed E-state index contributed by atoms with van der Waals surface area (Å²) in [5.74, 6) is -0.0785. The summed E-state index contributed by atoms with van der Waals surface area (Å²) in [6, 6.07) is 13.0. The van der Waals surface area contributed by atoms with Gasteiger partial charge in [0, 0.05) is 30.8 Å². The summed E-state index contributed by atoms with van der Waals surface area (Å²) in [4.78, 5) is 13.8. The van der Waals surface area contributed by atoms with Crippen molar-refractivity contribution in [3.63, 3.8) is 0 Å². The number of ether oxygens (including phenoxy) is 1. The molecule has 5 heteroatoms. The molecule has 2 aromatic rings. The normalized spacial score (nSPS) is 20.3. The maximum Gasteiger partial charge on any atom is 0.310 e. The van der Waals surface area contributed by atoms with Crippen LogP contribution < -0.4 is 4.74 Å². The smallest absolute Gasteiger partial charge is 0.310 e. The molecule has 1 saturated carbocycles. The number of hydrogen-bond donors (Lipinski definition) is 1. The average molecular weight is 393 g/mol. The Balaban J connectivity index is 1.49. The quantitative estimate of drug-likeness (QED) is 0.835. The van der Waals surface area contributed by atoms with Crippen LogP contribution in [0.5, 0.6) is 5.75 Å². The third-order valence-electron chi connectivity index (χ3n) is 6.52. The van der Waals surface area contributed by atoms with Gasteiger partial charge in [0.05, 0.1) is 5.41 Å². The summed E-state index contributed by atoms with van der Waals surface area (Å²) < 4.78 is 19.9. The number of aliphatic carboxylic acids is 1. The summed E-state index contributed by atoms with van der Waals surface area (Å²) in [6.45, 7) is 2.71. The van der Waals surface area contributed by atoms with Crippen LogP contribution in [0.15, 0.2) is 48.0 Å². The van der Waals surface area contributed by atoms with Crippen LogP contribution in [-0.4, -0.2) is 35.6 Å². The average Bonchev–Trinajstić information content (AvgIpc) is 3.52. The molecule has 4 nitrogen and oxygen atoms in total. The molecule has 2 fully saturated rings. The molecular weight excluding hydrogens is 369 g/mol. The fourth-order valence-electron chi connectivity index (χ4n) is 4.66. The van der Waals surface area contributed by atoms with Gasteiger partial charge in [0.25, 0.3) is 0 Å². The number of benzene rings is 2. The van der Waals surface area contributed by atoms with Crippen molar-refractivity contribution in [2.75, 3.05) is 19.6 Å². The highest BCUT2D eigenvalue weighted by molar-refractivity contribution is 5.87. The number of piperidine rings is 1. The van der Waals surface area contributed by atoms with Gasteiger partial charge in [-0.15, -0.1) is 0 Å². The molecule has 2 aliphatic heterocycles. The zero-order chi connectivity index (χ0) is 20.0. The maximum atomic E-state index is 13.9. The van der Waals surface area contributed by atoms with Gasteiger partial charge in [-0.3, -0.25) is 4.79 Å². The van der Waals surface area contributed by atoms with E-state index < -0.39 is 11.4 Å². The van der Waals surface area contributed by atoms with Gasteiger partial charge < -0.3 is 14.7 Å². The van der Waals surface area contributed by atoms with Crippen molar-refractivity contribution in [3.8, 4) is 5.75 Å². The van der Waals surface area contributed by atoms with Gasteiger partial charge in [0.2, 0.25) is 0 Å². The van der Waals surface area contributed by atoms with Gasteiger partial charge in [0.15, 0.2) is 0 Å². The molecule has 1 aliphatic carbocycles. The van der Waals surface area contributed by atoms with Crippen LogP contribution in [0.1, 0.15) is 42.4 Å². The minimum Gasteiger partial charge on any atom is -0.488 e. The SMILES string of the molecule is O=C(O)C1(CN2CCC(=C3c4ccc(F)cc4COc4ccccc43)CC2)CC1. The lowest BCUT2D eigenvalue weighted by molar-refractivity contribution is -0.144. The Hall–Kier alpha value is -2.66. The van der Waals surface area contributed by atoms with E-state index in [0.717, 1.165) is 66.8 Å². The molecule has 0 bridgehead atoms. The Kier molecular flexibility index (Phi) is 4.43. The number of carboxylic acid groups (broad SMARTS) is 1. The first-order valence-corrected chi connectivity index (χ1v) is 10.2. The summed E-state index contributed by atoms with van der Waals surface area (Å²) >= 11 is 0. The number of fused-ring (bicyclic) bond motifs is 2. The van der Waals surface area contributed by atoms with Crippen LogP contribution in [0.2, 0.25) is 0 Å². The number of nitrogens with zero attached hydrogens (tertiary/aromatic N) is 1. The number of rotatable bonds is 3. The third kappa shape index (κ3) is 3.33. The zero-order valence-corrected chi connectivity index (χ0v) is 16.3. The number of carboxylic acids is 1. The predicted octanol–water partition coefficient (Wildman–Crippen LogP) is 4.48. The number of likely N-dealkylation sites (tertiary alicyclic amines) is 1. The van der Waals surface area contributed by atoms with Gasteiger partial charge in [-0.25, -0.2) is 4.39 Å². The molecule has 150 valence electrons. The largest absolute Gasteiger partial charge is 0.488 e. The van der Waals surface area contributed by atoms with E-state index in [1.807, 2.05) is 24.3 Å². The molecule has 2 aromatic carbocycles. The molecule has 3 aliphatic rings. The van der Waals surface area contributed by atoms with E-state index in [2.05, 4.69) is 11.0 Å². The second-order valence-corrected chi connectivity index (χ2v) is 8.43. The first-order chi connectivity index (χ1) is 14.1. The number of halogens is 1. The highest BCUT2D eigenvalue weighted by Crippen LogP contribution is 2.47. The summed E-state index contributed by atoms with van der Waals surface area (Å²) in [5.41, 5.74) is 4.96. The molecule has 0 amide bonds.